The summed E-state index contributed by atoms with van der Waals surface area (Å²) in [6.45, 7) is 13.1. The minimum absolute atomic E-state index is 0.0708. The third-order valence-electron chi connectivity index (χ3n) is 6.52. The van der Waals surface area contributed by atoms with E-state index in [1.54, 1.807) is 9.13 Å². The number of hydrogen-bond donors (Lipinski definition) is 0. The molecule has 1 aliphatic carbocycles. The lowest BCUT2D eigenvalue weighted by Gasteiger charge is -2.39. The molecule has 0 N–H and O–H groups in total. The van der Waals surface area contributed by atoms with Crippen molar-refractivity contribution < 1.29 is 4.74 Å². The van der Waals surface area contributed by atoms with Crippen molar-refractivity contribution in [1.29, 1.82) is 0 Å². The Morgan fingerprint density at radius 2 is 1.94 bits per heavy atom. The van der Waals surface area contributed by atoms with Gasteiger partial charge in [-0.1, -0.05) is 0 Å². The van der Waals surface area contributed by atoms with Gasteiger partial charge in [0.25, 0.3) is 0 Å². The van der Waals surface area contributed by atoms with Gasteiger partial charge in [0.2, 0.25) is 0 Å². The lowest BCUT2D eigenvalue weighted by Crippen LogP contribution is -2.48. The van der Waals surface area contributed by atoms with E-state index in [0.717, 1.165) is 30.2 Å². The molecule has 1 aliphatic heterocycles. The van der Waals surface area contributed by atoms with E-state index in [2.05, 4.69) is 49.8 Å². The zero-order valence-electron chi connectivity index (χ0n) is 20.3. The van der Waals surface area contributed by atoms with Crippen LogP contribution < -0.4 is 10.6 Å². The van der Waals surface area contributed by atoms with Crippen molar-refractivity contribution in [2.24, 2.45) is 0 Å². The molecule has 8 nitrogen and oxygen atoms in total. The van der Waals surface area contributed by atoms with Crippen LogP contribution in [0.15, 0.2) is 35.5 Å². The van der Waals surface area contributed by atoms with Gasteiger partial charge in [-0.2, -0.15) is 5.10 Å². The van der Waals surface area contributed by atoms with Gasteiger partial charge in [0.1, 0.15) is 11.6 Å². The number of anilines is 1. The summed E-state index contributed by atoms with van der Waals surface area (Å²) in [5, 5.41) is 4.41. The molecule has 4 heterocycles. The number of rotatable bonds is 6. The summed E-state index contributed by atoms with van der Waals surface area (Å²) in [6, 6.07) is 4.60. The molecule has 2 fully saturated rings. The second-order valence-electron chi connectivity index (χ2n) is 10.4. The fraction of sp³-hybridized carbons (Fsp3) is 0.560. The van der Waals surface area contributed by atoms with Crippen LogP contribution in [0.25, 0.3) is 5.82 Å². The van der Waals surface area contributed by atoms with Gasteiger partial charge in [0.15, 0.2) is 0 Å². The van der Waals surface area contributed by atoms with E-state index < -0.39 is 0 Å². The number of pyridine rings is 1. The Balaban J connectivity index is 1.51. The van der Waals surface area contributed by atoms with Crippen molar-refractivity contribution in [3.05, 3.63) is 58.0 Å². The van der Waals surface area contributed by atoms with Gasteiger partial charge in [-0.05, 0) is 71.1 Å². The summed E-state index contributed by atoms with van der Waals surface area (Å²) in [6.07, 6.45) is 8.16. The molecule has 3 aromatic rings. The highest BCUT2D eigenvalue weighted by atomic mass is 16.5. The molecule has 176 valence electrons. The molecule has 0 radical (unpaired) electrons. The molecule has 5 rings (SSSR count). The Kier molecular flexibility index (Phi) is 5.43. The third-order valence-corrected chi connectivity index (χ3v) is 6.52. The van der Waals surface area contributed by atoms with Crippen LogP contribution in [0.3, 0.4) is 0 Å². The van der Waals surface area contributed by atoms with Crippen LogP contribution in [0.4, 0.5) is 5.82 Å². The summed E-state index contributed by atoms with van der Waals surface area (Å²) in [7, 11) is 0. The molecule has 1 saturated carbocycles. The van der Waals surface area contributed by atoms with Crippen LogP contribution in [0.1, 0.15) is 69.3 Å². The summed E-state index contributed by atoms with van der Waals surface area (Å²) in [5.74, 6) is 2.21. The second-order valence-corrected chi connectivity index (χ2v) is 10.4. The highest BCUT2D eigenvalue weighted by Crippen LogP contribution is 2.41. The van der Waals surface area contributed by atoms with Crippen molar-refractivity contribution in [1.82, 2.24) is 23.9 Å². The minimum Gasteiger partial charge on any atom is -0.372 e. The predicted molar refractivity (Wildman–Crippen MR) is 128 cm³/mol. The fourth-order valence-electron chi connectivity index (χ4n) is 4.61. The zero-order valence-corrected chi connectivity index (χ0v) is 20.3. The molecule has 0 spiro atoms. The molecule has 0 atom stereocenters. The number of hydrogen-bond acceptors (Lipinski definition) is 5. The Morgan fingerprint density at radius 3 is 2.61 bits per heavy atom. The number of ether oxygens (including phenoxy) is 1. The average molecular weight is 451 g/mol. The molecule has 8 heteroatoms. The van der Waals surface area contributed by atoms with Crippen molar-refractivity contribution in [2.75, 3.05) is 24.6 Å². The predicted octanol–water partition coefficient (Wildman–Crippen LogP) is 3.66. The molecule has 2 aliphatic rings. The summed E-state index contributed by atoms with van der Waals surface area (Å²) >= 11 is 0. The molecule has 1 saturated heterocycles. The fourth-order valence-corrected chi connectivity index (χ4v) is 4.61. The maximum Gasteiger partial charge on any atom is 0.334 e. The van der Waals surface area contributed by atoms with Crippen molar-refractivity contribution in [3.8, 4) is 5.82 Å². The number of aryl methyl sites for hydroxylation is 1. The first-order valence-electron chi connectivity index (χ1n) is 11.9. The van der Waals surface area contributed by atoms with Gasteiger partial charge < -0.3 is 9.64 Å². The molecule has 0 unspecified atom stereocenters. The minimum atomic E-state index is -0.216. The van der Waals surface area contributed by atoms with E-state index in [0.29, 0.717) is 30.9 Å². The Morgan fingerprint density at radius 1 is 1.18 bits per heavy atom. The van der Waals surface area contributed by atoms with E-state index in [4.69, 9.17) is 9.72 Å². The van der Waals surface area contributed by atoms with Gasteiger partial charge in [-0.3, -0.25) is 9.25 Å². The normalized spacial score (nSPS) is 18.3. The van der Waals surface area contributed by atoms with Crippen molar-refractivity contribution in [2.45, 2.75) is 71.6 Å². The Hall–Kier alpha value is -2.87. The summed E-state index contributed by atoms with van der Waals surface area (Å²) < 4.78 is 11.3. The number of aromatic nitrogens is 5. The van der Waals surface area contributed by atoms with Crippen LogP contribution in [0, 0.1) is 6.92 Å². The third kappa shape index (κ3) is 4.49. The number of morpholine rings is 1. The maximum atomic E-state index is 13.4. The molecule has 3 aromatic heterocycles. The highest BCUT2D eigenvalue weighted by molar-refractivity contribution is 5.49. The van der Waals surface area contributed by atoms with E-state index in [9.17, 15) is 4.79 Å². The lowest BCUT2D eigenvalue weighted by molar-refractivity contribution is -0.0279. The highest BCUT2D eigenvalue weighted by Gasteiger charge is 2.30. The lowest BCUT2D eigenvalue weighted by atomic mass is 10.1. The smallest absolute Gasteiger partial charge is 0.334 e. The number of imidazole rings is 1. The topological polar surface area (TPSA) is 70.1 Å². The Bertz CT molecular complexity index is 1210. The Labute approximate surface area is 194 Å². The first-order chi connectivity index (χ1) is 15.7. The molecular weight excluding hydrogens is 416 g/mol. The molecule has 0 bridgehead atoms. The molecule has 0 aromatic carbocycles. The summed E-state index contributed by atoms with van der Waals surface area (Å²) in [5.41, 5.74) is 2.88. The van der Waals surface area contributed by atoms with E-state index in [-0.39, 0.29) is 11.3 Å². The quantitative estimate of drug-likeness (QED) is 0.573. The molecule has 33 heavy (non-hydrogen) atoms. The monoisotopic (exact) mass is 450 g/mol. The van der Waals surface area contributed by atoms with Crippen molar-refractivity contribution >= 4 is 5.82 Å². The van der Waals surface area contributed by atoms with Crippen LogP contribution in [0.5, 0.6) is 0 Å². The van der Waals surface area contributed by atoms with Crippen LogP contribution in [-0.4, -0.2) is 49.2 Å². The average Bonchev–Trinajstić information content (AvgIpc) is 3.44. The van der Waals surface area contributed by atoms with Crippen LogP contribution in [-0.2, 0) is 11.3 Å². The van der Waals surface area contributed by atoms with Gasteiger partial charge >= 0.3 is 5.69 Å². The van der Waals surface area contributed by atoms with Gasteiger partial charge in [0.05, 0.1) is 24.9 Å². The second kappa shape index (κ2) is 8.17. The van der Waals surface area contributed by atoms with E-state index in [1.165, 1.54) is 18.4 Å². The largest absolute Gasteiger partial charge is 0.372 e. The van der Waals surface area contributed by atoms with E-state index >= 15 is 0 Å². The zero-order chi connectivity index (χ0) is 23.3. The maximum absolute atomic E-state index is 13.4. The van der Waals surface area contributed by atoms with Crippen LogP contribution >= 0.6 is 0 Å². The molecule has 0 amide bonds. The van der Waals surface area contributed by atoms with Gasteiger partial charge in [0, 0.05) is 42.8 Å². The van der Waals surface area contributed by atoms with Gasteiger partial charge in [-0.25, -0.2) is 14.3 Å². The SMILES string of the molecule is Cc1cn(Cc2cnn(C(C)C)c2)c(=O)n1-c1cc(C2CC2)cc(N2CCOC(C)(C)C2)n1. The standard InChI is InChI=1S/C25H34N6O2/c1-17(2)30-15-19(12-26-30)14-29-13-18(3)31(24(29)32)23-11-21(20-6-7-20)10-22(27-23)28-8-9-33-25(4,5)16-28/h10-13,15,17,20H,6-9,14,16H2,1-5H3. The van der Waals surface area contributed by atoms with Crippen LogP contribution in [0.2, 0.25) is 0 Å². The van der Waals surface area contributed by atoms with Crippen molar-refractivity contribution in [3.63, 3.8) is 0 Å². The number of nitrogens with zero attached hydrogens (tertiary/aromatic N) is 6. The molecular formula is C25H34N6O2. The summed E-state index contributed by atoms with van der Waals surface area (Å²) in [4.78, 5) is 20.7. The first kappa shape index (κ1) is 21.9. The first-order valence-corrected chi connectivity index (χ1v) is 11.9. The van der Waals surface area contributed by atoms with Gasteiger partial charge in [-0.15, -0.1) is 0 Å². The van der Waals surface area contributed by atoms with E-state index in [1.807, 2.05) is 30.2 Å².